The average molecular weight is 391 g/mol. The molecule has 1 saturated heterocycles. The molecule has 0 bridgehead atoms. The molecule has 0 spiro atoms. The molecule has 156 valence electrons. The molecule has 0 radical (unpaired) electrons. The van der Waals surface area contributed by atoms with Crippen LogP contribution in [0, 0.1) is 23.7 Å². The van der Waals surface area contributed by atoms with Crippen molar-refractivity contribution in [2.45, 2.75) is 96.2 Å². The quantitative estimate of drug-likeness (QED) is 0.510. The lowest BCUT2D eigenvalue weighted by molar-refractivity contribution is -0.313. The average Bonchev–Trinajstić information content (AvgIpc) is 2.71. The molecule has 1 aliphatic heterocycles. The fourth-order valence-corrected chi connectivity index (χ4v) is 5.83. The van der Waals surface area contributed by atoms with E-state index in [1.165, 1.54) is 56.9 Å². The third kappa shape index (κ3) is 4.45. The summed E-state index contributed by atoms with van der Waals surface area (Å²) in [7, 11) is 0. The van der Waals surface area contributed by atoms with Gasteiger partial charge in [0.1, 0.15) is 0 Å². The third-order valence-electron chi connectivity index (χ3n) is 8.01. The highest BCUT2D eigenvalue weighted by molar-refractivity contribution is 5.27. The Morgan fingerprint density at radius 1 is 0.714 bits per heavy atom. The van der Waals surface area contributed by atoms with Crippen molar-refractivity contribution in [3.8, 4) is 0 Å². The van der Waals surface area contributed by atoms with Crippen LogP contribution >= 0.6 is 0 Å². The normalized spacial score (nSPS) is 38.9. The zero-order chi connectivity index (χ0) is 19.7. The van der Waals surface area contributed by atoms with Crippen LogP contribution in [0.2, 0.25) is 0 Å². The van der Waals surface area contributed by atoms with E-state index in [-0.39, 0.29) is 0 Å². The highest BCUT2D eigenvalue weighted by Crippen LogP contribution is 2.45. The summed E-state index contributed by atoms with van der Waals surface area (Å²) in [5.41, 5.74) is 2.29. The molecule has 2 saturated carbocycles. The smallest absolute Gasteiger partial charge is 0.312 e. The molecule has 2 aliphatic carbocycles. The summed E-state index contributed by atoms with van der Waals surface area (Å²) < 4.78 is 32.9. The van der Waals surface area contributed by atoms with Gasteiger partial charge in [-0.05, 0) is 86.2 Å². The van der Waals surface area contributed by atoms with Gasteiger partial charge < -0.3 is 4.74 Å². The fourth-order valence-electron chi connectivity index (χ4n) is 5.83. The molecule has 1 aromatic carbocycles. The Labute approximate surface area is 169 Å². The van der Waals surface area contributed by atoms with Gasteiger partial charge >= 0.3 is 6.11 Å². The summed E-state index contributed by atoms with van der Waals surface area (Å²) in [6.45, 7) is 3.97. The van der Waals surface area contributed by atoms with Crippen LogP contribution in [0.15, 0.2) is 24.3 Å². The van der Waals surface area contributed by atoms with Gasteiger partial charge in [-0.15, -0.1) is 0 Å². The number of rotatable bonds is 3. The van der Waals surface area contributed by atoms with E-state index >= 15 is 0 Å². The van der Waals surface area contributed by atoms with Crippen molar-refractivity contribution < 1.29 is 13.5 Å². The van der Waals surface area contributed by atoms with E-state index in [2.05, 4.69) is 19.1 Å². The Hall–Kier alpha value is -0.960. The highest BCUT2D eigenvalue weighted by Gasteiger charge is 2.44. The number of halogens is 2. The maximum atomic E-state index is 13.9. The van der Waals surface area contributed by atoms with E-state index in [0.29, 0.717) is 18.8 Å². The maximum Gasteiger partial charge on any atom is 0.358 e. The van der Waals surface area contributed by atoms with Gasteiger partial charge in [-0.1, -0.05) is 51.0 Å². The van der Waals surface area contributed by atoms with Crippen LogP contribution < -0.4 is 0 Å². The molecule has 4 rings (SSSR count). The molecule has 28 heavy (non-hydrogen) atoms. The summed E-state index contributed by atoms with van der Waals surface area (Å²) in [5.74, 6) is 2.78. The van der Waals surface area contributed by atoms with Gasteiger partial charge in [0, 0.05) is 5.92 Å². The molecule has 3 fully saturated rings. The first kappa shape index (κ1) is 20.3. The fraction of sp³-hybridized carbons (Fsp3) is 0.760. The van der Waals surface area contributed by atoms with Crippen LogP contribution in [-0.2, 0) is 4.74 Å². The molecule has 0 aromatic heterocycles. The summed E-state index contributed by atoms with van der Waals surface area (Å²) in [6, 6.07) is 8.39. The molecule has 3 aliphatic rings. The maximum absolute atomic E-state index is 13.9. The highest BCUT2D eigenvalue weighted by atomic mass is 19.3. The molecule has 2 unspecified atom stereocenters. The Bertz CT molecular complexity index is 624. The minimum absolute atomic E-state index is 0.468. The molecular formula is C25H36F2O. The van der Waals surface area contributed by atoms with Crippen molar-refractivity contribution in [1.82, 2.24) is 0 Å². The second-order valence-corrected chi connectivity index (χ2v) is 9.95. The topological polar surface area (TPSA) is 9.23 Å². The van der Waals surface area contributed by atoms with Gasteiger partial charge in [0.25, 0.3) is 0 Å². The number of hydrogen-bond donors (Lipinski definition) is 0. The van der Waals surface area contributed by atoms with Gasteiger partial charge in [0.05, 0.1) is 6.10 Å². The van der Waals surface area contributed by atoms with E-state index in [9.17, 15) is 8.78 Å². The minimum atomic E-state index is -3.00. The van der Waals surface area contributed by atoms with Crippen LogP contribution in [0.1, 0.15) is 101 Å². The van der Waals surface area contributed by atoms with Crippen molar-refractivity contribution in [2.75, 3.05) is 0 Å². The number of ether oxygens (including phenoxy) is 1. The lowest BCUT2D eigenvalue weighted by Gasteiger charge is -2.37. The lowest BCUT2D eigenvalue weighted by Crippen LogP contribution is -2.36. The Balaban J connectivity index is 1.31. The molecular weight excluding hydrogens is 354 g/mol. The van der Waals surface area contributed by atoms with E-state index in [0.717, 1.165) is 23.3 Å². The van der Waals surface area contributed by atoms with E-state index in [1.54, 1.807) is 6.92 Å². The zero-order valence-corrected chi connectivity index (χ0v) is 17.5. The van der Waals surface area contributed by atoms with Crippen LogP contribution in [0.3, 0.4) is 0 Å². The summed E-state index contributed by atoms with van der Waals surface area (Å²) in [6.07, 6.45) is 8.75. The predicted molar refractivity (Wildman–Crippen MR) is 109 cm³/mol. The molecule has 1 heterocycles. The molecule has 1 nitrogen and oxygen atoms in total. The van der Waals surface area contributed by atoms with E-state index in [4.69, 9.17) is 4.74 Å². The van der Waals surface area contributed by atoms with Crippen molar-refractivity contribution >= 4 is 0 Å². The van der Waals surface area contributed by atoms with E-state index in [1.807, 2.05) is 12.1 Å². The summed E-state index contributed by atoms with van der Waals surface area (Å²) in [4.78, 5) is 0. The standard InChI is InChI=1S/C25H36F2O/c1-17-3-6-19(7-4-17)20-8-10-21(11-9-20)22-12-14-23(15-13-22)24-16-5-18(2)25(26,27)28-24/h12-15,17-21,24H,3-11,16H2,1-2H3. The Kier molecular flexibility index (Phi) is 6.11. The first-order valence-electron chi connectivity index (χ1n) is 11.6. The largest absolute Gasteiger partial charge is 0.358 e. The van der Waals surface area contributed by atoms with Gasteiger partial charge in [-0.3, -0.25) is 0 Å². The van der Waals surface area contributed by atoms with E-state index < -0.39 is 18.1 Å². The minimum Gasteiger partial charge on any atom is -0.312 e. The molecule has 0 N–H and O–H groups in total. The lowest BCUT2D eigenvalue weighted by atomic mass is 9.68. The van der Waals surface area contributed by atoms with Crippen molar-refractivity contribution in [3.63, 3.8) is 0 Å². The van der Waals surface area contributed by atoms with Gasteiger partial charge in [0.2, 0.25) is 0 Å². The first-order valence-corrected chi connectivity index (χ1v) is 11.6. The van der Waals surface area contributed by atoms with Crippen LogP contribution in [-0.4, -0.2) is 6.11 Å². The monoisotopic (exact) mass is 390 g/mol. The Morgan fingerprint density at radius 3 is 1.82 bits per heavy atom. The Morgan fingerprint density at radius 2 is 1.25 bits per heavy atom. The number of hydrogen-bond acceptors (Lipinski definition) is 1. The van der Waals surface area contributed by atoms with Gasteiger partial charge in [-0.25, -0.2) is 0 Å². The summed E-state index contributed by atoms with van der Waals surface area (Å²) in [5, 5.41) is 0. The van der Waals surface area contributed by atoms with Crippen LogP contribution in [0.25, 0.3) is 0 Å². The first-order chi connectivity index (χ1) is 13.4. The van der Waals surface area contributed by atoms with Gasteiger partial charge in [-0.2, -0.15) is 8.78 Å². The second-order valence-electron chi connectivity index (χ2n) is 9.95. The predicted octanol–water partition coefficient (Wildman–Crippen LogP) is 7.87. The van der Waals surface area contributed by atoms with Gasteiger partial charge in [0.15, 0.2) is 0 Å². The third-order valence-corrected chi connectivity index (χ3v) is 8.01. The van der Waals surface area contributed by atoms with Crippen molar-refractivity contribution in [2.24, 2.45) is 23.7 Å². The van der Waals surface area contributed by atoms with Crippen molar-refractivity contribution in [3.05, 3.63) is 35.4 Å². The van der Waals surface area contributed by atoms with Crippen LogP contribution in [0.5, 0.6) is 0 Å². The second kappa shape index (κ2) is 8.42. The zero-order valence-electron chi connectivity index (χ0n) is 17.5. The van der Waals surface area contributed by atoms with Crippen LogP contribution in [0.4, 0.5) is 8.78 Å². The SMILES string of the molecule is CC1CCC(C2CCC(c3ccc(C4CCC(C)C(F)(F)O4)cc3)CC2)CC1. The number of benzene rings is 1. The summed E-state index contributed by atoms with van der Waals surface area (Å²) >= 11 is 0. The molecule has 1 aromatic rings. The molecule has 0 amide bonds. The molecule has 2 atom stereocenters. The number of alkyl halides is 2. The molecule has 3 heteroatoms. The van der Waals surface area contributed by atoms with Crippen molar-refractivity contribution in [1.29, 1.82) is 0 Å².